The van der Waals surface area contributed by atoms with Gasteiger partial charge in [0, 0.05) is 19.7 Å². The molecule has 0 saturated carbocycles. The maximum absolute atomic E-state index is 10.9. The third kappa shape index (κ3) is 4.55. The van der Waals surface area contributed by atoms with Crippen LogP contribution in [0.1, 0.15) is 12.0 Å². The number of nitrogens with zero attached hydrogens (tertiary/aromatic N) is 1. The van der Waals surface area contributed by atoms with Crippen LogP contribution in [0.5, 0.6) is 0 Å². The SMILES string of the molecule is COC(CNc1ccc(C)cc1[N+](=O)[O-])CC(=O)O. The summed E-state index contributed by atoms with van der Waals surface area (Å²) in [5.74, 6) is -0.980. The number of carbonyl (C=O) groups is 1. The van der Waals surface area contributed by atoms with Gasteiger partial charge in [-0.15, -0.1) is 0 Å². The van der Waals surface area contributed by atoms with Gasteiger partial charge in [-0.2, -0.15) is 0 Å². The Kier molecular flexibility index (Phi) is 5.25. The third-order valence-corrected chi connectivity index (χ3v) is 2.61. The summed E-state index contributed by atoms with van der Waals surface area (Å²) in [6, 6.07) is 4.80. The number of hydrogen-bond donors (Lipinski definition) is 2. The molecule has 0 bridgehead atoms. The Labute approximate surface area is 110 Å². The van der Waals surface area contributed by atoms with Crippen LogP contribution in [0.4, 0.5) is 11.4 Å². The molecule has 104 valence electrons. The molecule has 1 aromatic carbocycles. The normalized spacial score (nSPS) is 11.9. The Morgan fingerprint density at radius 1 is 1.58 bits per heavy atom. The first-order valence-corrected chi connectivity index (χ1v) is 5.67. The van der Waals surface area contributed by atoms with Gasteiger partial charge in [0.05, 0.1) is 17.4 Å². The summed E-state index contributed by atoms with van der Waals surface area (Å²) >= 11 is 0. The van der Waals surface area contributed by atoms with Crippen LogP contribution in [-0.4, -0.2) is 35.8 Å². The molecular weight excluding hydrogens is 252 g/mol. The van der Waals surface area contributed by atoms with Crippen LogP contribution in [0.2, 0.25) is 0 Å². The number of aryl methyl sites for hydroxylation is 1. The van der Waals surface area contributed by atoms with Crippen molar-refractivity contribution in [2.75, 3.05) is 19.0 Å². The minimum Gasteiger partial charge on any atom is -0.481 e. The molecule has 0 heterocycles. The zero-order chi connectivity index (χ0) is 14.4. The average molecular weight is 268 g/mol. The van der Waals surface area contributed by atoms with E-state index in [4.69, 9.17) is 9.84 Å². The summed E-state index contributed by atoms with van der Waals surface area (Å²) in [7, 11) is 1.40. The lowest BCUT2D eigenvalue weighted by atomic mass is 10.2. The van der Waals surface area contributed by atoms with Gasteiger partial charge in [-0.3, -0.25) is 14.9 Å². The van der Waals surface area contributed by atoms with E-state index in [0.29, 0.717) is 5.69 Å². The predicted molar refractivity (Wildman–Crippen MR) is 69.4 cm³/mol. The van der Waals surface area contributed by atoms with Crippen molar-refractivity contribution >= 4 is 17.3 Å². The average Bonchev–Trinajstić information content (AvgIpc) is 2.34. The highest BCUT2D eigenvalue weighted by molar-refractivity contribution is 5.67. The van der Waals surface area contributed by atoms with Crippen LogP contribution in [0, 0.1) is 17.0 Å². The predicted octanol–water partition coefficient (Wildman–Crippen LogP) is 1.80. The number of benzene rings is 1. The molecule has 0 aliphatic rings. The van der Waals surface area contributed by atoms with Gasteiger partial charge in [0.15, 0.2) is 0 Å². The number of carboxylic acid groups (broad SMARTS) is 1. The fourth-order valence-electron chi connectivity index (χ4n) is 1.60. The van der Waals surface area contributed by atoms with Crippen molar-refractivity contribution in [3.05, 3.63) is 33.9 Å². The summed E-state index contributed by atoms with van der Waals surface area (Å²) in [4.78, 5) is 21.0. The summed E-state index contributed by atoms with van der Waals surface area (Å²) in [5, 5.41) is 22.4. The molecule has 1 unspecified atom stereocenters. The van der Waals surface area contributed by atoms with Crippen molar-refractivity contribution in [3.8, 4) is 0 Å². The lowest BCUT2D eigenvalue weighted by molar-refractivity contribution is -0.384. The van der Waals surface area contributed by atoms with E-state index in [2.05, 4.69) is 5.32 Å². The van der Waals surface area contributed by atoms with Gasteiger partial charge in [-0.05, 0) is 18.6 Å². The first kappa shape index (κ1) is 14.9. The number of aliphatic carboxylic acids is 1. The molecule has 0 amide bonds. The van der Waals surface area contributed by atoms with Crippen molar-refractivity contribution in [1.82, 2.24) is 0 Å². The second kappa shape index (κ2) is 6.69. The summed E-state index contributed by atoms with van der Waals surface area (Å²) in [6.45, 7) is 1.95. The Morgan fingerprint density at radius 2 is 2.26 bits per heavy atom. The molecule has 7 nitrogen and oxygen atoms in total. The van der Waals surface area contributed by atoms with Crippen molar-refractivity contribution in [3.63, 3.8) is 0 Å². The van der Waals surface area contributed by atoms with E-state index in [1.807, 2.05) is 0 Å². The fourth-order valence-corrected chi connectivity index (χ4v) is 1.60. The maximum atomic E-state index is 10.9. The van der Waals surface area contributed by atoms with E-state index in [9.17, 15) is 14.9 Å². The first-order chi connectivity index (χ1) is 8.93. The maximum Gasteiger partial charge on any atom is 0.306 e. The van der Waals surface area contributed by atoms with Gasteiger partial charge in [-0.25, -0.2) is 0 Å². The Morgan fingerprint density at radius 3 is 2.79 bits per heavy atom. The van der Waals surface area contributed by atoms with Gasteiger partial charge in [0.25, 0.3) is 5.69 Å². The second-order valence-corrected chi connectivity index (χ2v) is 4.11. The summed E-state index contributed by atoms with van der Waals surface area (Å²) in [6.07, 6.45) is -0.707. The van der Waals surface area contributed by atoms with Crippen molar-refractivity contribution in [1.29, 1.82) is 0 Å². The highest BCUT2D eigenvalue weighted by atomic mass is 16.6. The lowest BCUT2D eigenvalue weighted by Gasteiger charge is -2.15. The zero-order valence-electron chi connectivity index (χ0n) is 10.8. The minimum atomic E-state index is -0.980. The molecule has 0 aliphatic heterocycles. The van der Waals surface area contributed by atoms with E-state index in [0.717, 1.165) is 5.56 Å². The Bertz CT molecular complexity index is 475. The molecule has 1 rings (SSSR count). The van der Waals surface area contributed by atoms with Gasteiger partial charge >= 0.3 is 5.97 Å². The third-order valence-electron chi connectivity index (χ3n) is 2.61. The van der Waals surface area contributed by atoms with E-state index in [1.54, 1.807) is 19.1 Å². The number of hydrogen-bond acceptors (Lipinski definition) is 5. The van der Waals surface area contributed by atoms with E-state index < -0.39 is 17.0 Å². The van der Waals surface area contributed by atoms with Gasteiger partial charge in [-0.1, -0.05) is 6.07 Å². The Hall–Kier alpha value is -2.15. The van der Waals surface area contributed by atoms with Crippen LogP contribution in [0.25, 0.3) is 0 Å². The standard InChI is InChI=1S/C12H16N2O5/c1-8-3-4-10(11(5-8)14(17)18)13-7-9(19-2)6-12(15)16/h3-5,9,13H,6-7H2,1-2H3,(H,15,16). The molecule has 2 N–H and O–H groups in total. The van der Waals surface area contributed by atoms with E-state index >= 15 is 0 Å². The highest BCUT2D eigenvalue weighted by Crippen LogP contribution is 2.25. The number of rotatable bonds is 7. The second-order valence-electron chi connectivity index (χ2n) is 4.11. The van der Waals surface area contributed by atoms with Crippen LogP contribution in [-0.2, 0) is 9.53 Å². The van der Waals surface area contributed by atoms with Crippen LogP contribution in [0.15, 0.2) is 18.2 Å². The molecule has 0 spiro atoms. The zero-order valence-corrected chi connectivity index (χ0v) is 10.8. The topological polar surface area (TPSA) is 102 Å². The number of methoxy groups -OCH3 is 1. The molecule has 7 heteroatoms. The van der Waals surface area contributed by atoms with E-state index in [1.165, 1.54) is 13.2 Å². The lowest BCUT2D eigenvalue weighted by Crippen LogP contribution is -2.25. The number of nitro benzene ring substituents is 1. The van der Waals surface area contributed by atoms with Crippen LogP contribution in [0.3, 0.4) is 0 Å². The first-order valence-electron chi connectivity index (χ1n) is 5.67. The molecule has 0 radical (unpaired) electrons. The smallest absolute Gasteiger partial charge is 0.306 e. The van der Waals surface area contributed by atoms with E-state index in [-0.39, 0.29) is 18.7 Å². The number of carboxylic acids is 1. The largest absolute Gasteiger partial charge is 0.481 e. The van der Waals surface area contributed by atoms with Gasteiger partial charge in [0.2, 0.25) is 0 Å². The number of ether oxygens (including phenoxy) is 1. The monoisotopic (exact) mass is 268 g/mol. The fraction of sp³-hybridized carbons (Fsp3) is 0.417. The van der Waals surface area contributed by atoms with Gasteiger partial charge in [0.1, 0.15) is 5.69 Å². The molecule has 0 aromatic heterocycles. The van der Waals surface area contributed by atoms with Crippen molar-refractivity contribution < 1.29 is 19.6 Å². The summed E-state index contributed by atoms with van der Waals surface area (Å²) in [5.41, 5.74) is 1.10. The molecule has 0 fully saturated rings. The molecule has 0 saturated heterocycles. The number of anilines is 1. The molecule has 1 aromatic rings. The van der Waals surface area contributed by atoms with Crippen LogP contribution >= 0.6 is 0 Å². The van der Waals surface area contributed by atoms with Gasteiger partial charge < -0.3 is 15.2 Å². The molecule has 19 heavy (non-hydrogen) atoms. The minimum absolute atomic E-state index is 0.0369. The number of nitrogens with one attached hydrogen (secondary N) is 1. The quantitative estimate of drug-likeness (QED) is 0.577. The molecule has 1 atom stereocenters. The van der Waals surface area contributed by atoms with Crippen molar-refractivity contribution in [2.24, 2.45) is 0 Å². The summed E-state index contributed by atoms with van der Waals surface area (Å²) < 4.78 is 4.99. The Balaban J connectivity index is 2.76. The molecular formula is C12H16N2O5. The van der Waals surface area contributed by atoms with Crippen LogP contribution < -0.4 is 5.32 Å². The van der Waals surface area contributed by atoms with Crippen molar-refractivity contribution in [2.45, 2.75) is 19.4 Å². The number of nitro groups is 1. The molecule has 0 aliphatic carbocycles. The highest BCUT2D eigenvalue weighted by Gasteiger charge is 2.16.